The van der Waals surface area contributed by atoms with Crippen LogP contribution < -0.4 is 15.0 Å². The summed E-state index contributed by atoms with van der Waals surface area (Å²) in [5.41, 5.74) is 2.28. The minimum absolute atomic E-state index is 0.215. The lowest BCUT2D eigenvalue weighted by atomic mass is 9.69. The van der Waals surface area contributed by atoms with E-state index in [0.29, 0.717) is 34.1 Å². The summed E-state index contributed by atoms with van der Waals surface area (Å²) in [7, 11) is 3.36. The van der Waals surface area contributed by atoms with Crippen molar-refractivity contribution in [3.05, 3.63) is 146 Å². The molecule has 1 aliphatic heterocycles. The summed E-state index contributed by atoms with van der Waals surface area (Å²) in [6.45, 7) is 3.99. The number of hydrogen-bond donors (Lipinski definition) is 1. The van der Waals surface area contributed by atoms with Gasteiger partial charge in [-0.05, 0) is 48.7 Å². The fourth-order valence-electron chi connectivity index (χ4n) is 6.99. The van der Waals surface area contributed by atoms with Gasteiger partial charge in [-0.25, -0.2) is 4.98 Å². The van der Waals surface area contributed by atoms with Crippen LogP contribution in [0.15, 0.2) is 102 Å². The van der Waals surface area contributed by atoms with Gasteiger partial charge in [-0.2, -0.15) is 0 Å². The fraction of sp³-hybridized carbons (Fsp3) is 0.200. The van der Waals surface area contributed by atoms with Crippen molar-refractivity contribution in [3.8, 4) is 22.9 Å². The number of hydrogen-bond acceptors (Lipinski definition) is 5. The number of aromatic nitrogens is 2. The van der Waals surface area contributed by atoms with Crippen LogP contribution in [0.3, 0.4) is 0 Å². The lowest BCUT2D eigenvalue weighted by Gasteiger charge is -2.40. The second-order valence-corrected chi connectivity index (χ2v) is 11.0. The van der Waals surface area contributed by atoms with Crippen LogP contribution in [0.25, 0.3) is 11.4 Å². The molecule has 5 aromatic rings. The van der Waals surface area contributed by atoms with Gasteiger partial charge < -0.3 is 14.6 Å². The largest absolute Gasteiger partial charge is 0.497 e. The number of ether oxygens (including phenoxy) is 2. The lowest BCUT2D eigenvalue weighted by molar-refractivity contribution is -0.0906. The highest BCUT2D eigenvalue weighted by Crippen LogP contribution is 2.68. The van der Waals surface area contributed by atoms with E-state index in [9.17, 15) is 9.90 Å². The summed E-state index contributed by atoms with van der Waals surface area (Å²) >= 11 is 0. The van der Waals surface area contributed by atoms with Gasteiger partial charge >= 0.3 is 0 Å². The zero-order valence-electron chi connectivity index (χ0n) is 23.4. The van der Waals surface area contributed by atoms with Crippen LogP contribution >= 0.6 is 0 Å². The van der Waals surface area contributed by atoms with Crippen LogP contribution in [0.1, 0.15) is 45.0 Å². The second-order valence-electron chi connectivity index (χ2n) is 11.0. The zero-order valence-corrected chi connectivity index (χ0v) is 23.4. The maximum atomic E-state index is 14.5. The first kappa shape index (κ1) is 25.3. The molecule has 4 aromatic carbocycles. The number of benzene rings is 4. The third kappa shape index (κ3) is 3.28. The van der Waals surface area contributed by atoms with Crippen molar-refractivity contribution in [3.63, 3.8) is 0 Å². The molecule has 0 spiro atoms. The monoisotopic (exact) mass is 542 g/mol. The van der Waals surface area contributed by atoms with E-state index >= 15 is 0 Å². The third-order valence-corrected chi connectivity index (χ3v) is 8.66. The topological polar surface area (TPSA) is 73.6 Å². The molecule has 0 fully saturated rings. The SMILES string of the molecule is COc1ccc([C@@]23Oc4cc(C)cc(C)c4[C@]2(O)c2nc(-c4ccccc4)n(C)c(=O)c2[C@H]3c2ccccc2)cc1. The van der Waals surface area contributed by atoms with Gasteiger partial charge in [0.2, 0.25) is 0 Å². The molecule has 41 heavy (non-hydrogen) atoms. The summed E-state index contributed by atoms with van der Waals surface area (Å²) in [5, 5.41) is 13.4. The summed E-state index contributed by atoms with van der Waals surface area (Å²) < 4.78 is 14.1. The molecule has 204 valence electrons. The molecule has 0 radical (unpaired) electrons. The first-order valence-corrected chi connectivity index (χ1v) is 13.7. The van der Waals surface area contributed by atoms with E-state index in [2.05, 4.69) is 0 Å². The van der Waals surface area contributed by atoms with E-state index in [4.69, 9.17) is 14.5 Å². The van der Waals surface area contributed by atoms with E-state index in [1.54, 1.807) is 18.7 Å². The maximum absolute atomic E-state index is 14.5. The normalized spacial score (nSPS) is 22.0. The molecule has 0 unspecified atom stereocenters. The molecule has 7 rings (SSSR count). The molecule has 3 atom stereocenters. The Kier molecular flexibility index (Phi) is 5.50. The Bertz CT molecular complexity index is 1870. The quantitative estimate of drug-likeness (QED) is 0.314. The van der Waals surface area contributed by atoms with E-state index in [1.807, 2.05) is 111 Å². The molecular weight excluding hydrogens is 512 g/mol. The number of fused-ring (bicyclic) bond motifs is 5. The molecule has 6 nitrogen and oxygen atoms in total. The molecule has 2 heterocycles. The molecule has 0 saturated carbocycles. The van der Waals surface area contributed by atoms with Gasteiger partial charge in [0.1, 0.15) is 17.3 Å². The lowest BCUT2D eigenvalue weighted by Crippen LogP contribution is -2.49. The maximum Gasteiger partial charge on any atom is 0.257 e. The standard InChI is InChI=1S/C35H30N2O4/c1-21-19-22(2)29-27(20-21)41-35(25-15-17-26(40-4)18-16-25)30(23-11-7-5-8-12-23)28-31(34(29,35)39)36-32(37(3)33(28)38)24-13-9-6-10-14-24/h5-20,30,39H,1-4H3/t30-,34+,35+/m1/s1. The van der Waals surface area contributed by atoms with Crippen molar-refractivity contribution in [2.24, 2.45) is 7.05 Å². The van der Waals surface area contributed by atoms with Crippen molar-refractivity contribution < 1.29 is 14.6 Å². The highest BCUT2D eigenvalue weighted by atomic mass is 16.5. The predicted molar refractivity (Wildman–Crippen MR) is 157 cm³/mol. The van der Waals surface area contributed by atoms with E-state index in [1.165, 1.54) is 0 Å². The molecule has 1 N–H and O–H groups in total. The summed E-state index contributed by atoms with van der Waals surface area (Å²) in [5.74, 6) is 1.11. The molecule has 6 heteroatoms. The molecule has 2 aliphatic rings. The minimum Gasteiger partial charge on any atom is -0.497 e. The zero-order chi connectivity index (χ0) is 28.5. The van der Waals surface area contributed by atoms with Crippen molar-refractivity contribution >= 4 is 0 Å². The Balaban J connectivity index is 1.66. The van der Waals surface area contributed by atoms with Gasteiger partial charge in [-0.3, -0.25) is 9.36 Å². The second kappa shape index (κ2) is 8.91. The van der Waals surface area contributed by atoms with Crippen LogP contribution in [0.5, 0.6) is 11.5 Å². The van der Waals surface area contributed by atoms with Gasteiger partial charge in [0.05, 0.1) is 24.3 Å². The Morgan fingerprint density at radius 2 is 1.59 bits per heavy atom. The summed E-state index contributed by atoms with van der Waals surface area (Å²) in [6, 6.07) is 31.0. The third-order valence-electron chi connectivity index (χ3n) is 8.66. The highest BCUT2D eigenvalue weighted by molar-refractivity contribution is 5.68. The van der Waals surface area contributed by atoms with Crippen LogP contribution in [0.2, 0.25) is 0 Å². The molecule has 0 saturated heterocycles. The number of aryl methyl sites for hydroxylation is 2. The van der Waals surface area contributed by atoms with Crippen molar-refractivity contribution in [1.82, 2.24) is 9.55 Å². The van der Waals surface area contributed by atoms with Gasteiger partial charge in [0, 0.05) is 23.7 Å². The predicted octanol–water partition coefficient (Wildman–Crippen LogP) is 5.74. The van der Waals surface area contributed by atoms with Crippen LogP contribution in [0, 0.1) is 13.8 Å². The molecular formula is C35H30N2O4. The first-order valence-electron chi connectivity index (χ1n) is 13.7. The number of nitrogens with zero attached hydrogens (tertiary/aromatic N) is 2. The minimum atomic E-state index is -1.76. The Labute approximate surface area is 238 Å². The summed E-state index contributed by atoms with van der Waals surface area (Å²) in [6.07, 6.45) is 0. The van der Waals surface area contributed by atoms with Crippen molar-refractivity contribution in [2.45, 2.75) is 31.0 Å². The van der Waals surface area contributed by atoms with Crippen molar-refractivity contribution in [2.75, 3.05) is 7.11 Å². The molecule has 0 amide bonds. The Morgan fingerprint density at radius 1 is 0.927 bits per heavy atom. The Hall–Kier alpha value is -4.68. The molecule has 0 bridgehead atoms. The molecule has 1 aliphatic carbocycles. The smallest absolute Gasteiger partial charge is 0.257 e. The van der Waals surface area contributed by atoms with Gasteiger partial charge in [-0.1, -0.05) is 78.9 Å². The molecule has 1 aromatic heterocycles. The summed E-state index contributed by atoms with van der Waals surface area (Å²) in [4.78, 5) is 19.6. The number of rotatable bonds is 4. The van der Waals surface area contributed by atoms with Crippen LogP contribution in [-0.2, 0) is 18.2 Å². The Morgan fingerprint density at radius 3 is 2.24 bits per heavy atom. The fourth-order valence-corrected chi connectivity index (χ4v) is 6.99. The van der Waals surface area contributed by atoms with Crippen LogP contribution in [-0.4, -0.2) is 21.8 Å². The number of methoxy groups -OCH3 is 1. The highest BCUT2D eigenvalue weighted by Gasteiger charge is 2.73. The van der Waals surface area contributed by atoms with Crippen molar-refractivity contribution in [1.29, 1.82) is 0 Å². The van der Waals surface area contributed by atoms with E-state index in [0.717, 1.165) is 27.8 Å². The van der Waals surface area contributed by atoms with E-state index in [-0.39, 0.29) is 5.56 Å². The average molecular weight is 543 g/mol. The average Bonchev–Trinajstić information content (AvgIpc) is 3.37. The van der Waals surface area contributed by atoms with Gasteiger partial charge in [0.25, 0.3) is 5.56 Å². The van der Waals surface area contributed by atoms with Gasteiger partial charge in [-0.15, -0.1) is 0 Å². The van der Waals surface area contributed by atoms with Gasteiger partial charge in [0.15, 0.2) is 11.2 Å². The number of aliphatic hydroxyl groups is 1. The van der Waals surface area contributed by atoms with E-state index < -0.39 is 17.1 Å². The van der Waals surface area contributed by atoms with Crippen LogP contribution in [0.4, 0.5) is 0 Å². The first-order chi connectivity index (χ1) is 19.8.